The largest absolute Gasteiger partial charge is 0.403 e. The topological polar surface area (TPSA) is 143 Å². The molecule has 1 aromatic carbocycles. The second kappa shape index (κ2) is 11.9. The van der Waals surface area contributed by atoms with Crippen molar-refractivity contribution in [1.82, 2.24) is 14.7 Å². The number of benzene rings is 1. The zero-order chi connectivity index (χ0) is 21.1. The first kappa shape index (κ1) is 22.5. The third-order valence-electron chi connectivity index (χ3n) is 3.53. The molecule has 1 aromatic heterocycles. The Balaban J connectivity index is 2.03. The molecule has 0 saturated heterocycles. The molecule has 0 unspecified atom stereocenters. The van der Waals surface area contributed by atoms with E-state index in [1.165, 1.54) is 24.2 Å². The Bertz CT molecular complexity index is 890. The molecule has 11 heteroatoms. The lowest BCUT2D eigenvalue weighted by Crippen LogP contribution is -2.15. The maximum Gasteiger partial charge on any atom is 0.239 e. The summed E-state index contributed by atoms with van der Waals surface area (Å²) in [6.45, 7) is 1.19. The molecule has 0 aliphatic heterocycles. The molecule has 0 spiro atoms. The number of carbonyl (C=O) groups excluding carboxylic acids is 1. The van der Waals surface area contributed by atoms with Crippen molar-refractivity contribution in [2.24, 2.45) is 16.5 Å². The van der Waals surface area contributed by atoms with E-state index < -0.39 is 5.91 Å². The number of anilines is 2. The summed E-state index contributed by atoms with van der Waals surface area (Å²) >= 11 is 7.78. The van der Waals surface area contributed by atoms with Crippen LogP contribution >= 0.6 is 23.5 Å². The van der Waals surface area contributed by atoms with Crippen LogP contribution in [-0.2, 0) is 17.9 Å². The molecule has 7 N–H and O–H groups in total. The fourth-order valence-corrected chi connectivity index (χ4v) is 2.69. The van der Waals surface area contributed by atoms with Crippen molar-refractivity contribution in [3.8, 4) is 0 Å². The van der Waals surface area contributed by atoms with Crippen LogP contribution in [0, 0.1) is 0 Å². The van der Waals surface area contributed by atoms with Crippen LogP contribution in [0.1, 0.15) is 11.1 Å². The number of hydrogen-bond acceptors (Lipinski definition) is 9. The minimum atomic E-state index is -0.542. The first-order valence-corrected chi connectivity index (χ1v) is 10.2. The number of allylic oxidation sites excluding steroid dienone is 1. The van der Waals surface area contributed by atoms with Gasteiger partial charge in [0.2, 0.25) is 11.9 Å². The van der Waals surface area contributed by atoms with Crippen molar-refractivity contribution in [1.29, 1.82) is 0 Å². The first-order chi connectivity index (χ1) is 14.0. The van der Waals surface area contributed by atoms with Gasteiger partial charge in [-0.15, -0.1) is 0 Å². The molecule has 2 aromatic rings. The monoisotopic (exact) mass is 434 g/mol. The number of halogens is 1. The van der Waals surface area contributed by atoms with Gasteiger partial charge in [-0.25, -0.2) is 4.98 Å². The van der Waals surface area contributed by atoms with Gasteiger partial charge < -0.3 is 22.1 Å². The lowest BCUT2D eigenvalue weighted by atomic mass is 10.1. The highest BCUT2D eigenvalue weighted by atomic mass is 35.5. The van der Waals surface area contributed by atoms with E-state index in [2.05, 4.69) is 42.4 Å². The number of nitrogens with zero attached hydrogens (tertiary/aromatic N) is 3. The molecule has 154 valence electrons. The van der Waals surface area contributed by atoms with Gasteiger partial charge in [0.1, 0.15) is 11.6 Å². The Morgan fingerprint density at radius 2 is 2.10 bits per heavy atom. The van der Waals surface area contributed by atoms with E-state index in [0.717, 1.165) is 12.1 Å². The number of carbonyl (C=O) groups is 1. The molecule has 0 aliphatic carbocycles. The van der Waals surface area contributed by atoms with E-state index in [4.69, 9.17) is 23.1 Å². The Labute approximate surface area is 178 Å². The van der Waals surface area contributed by atoms with Crippen LogP contribution in [0.5, 0.6) is 0 Å². The Kier molecular flexibility index (Phi) is 9.22. The average Bonchev–Trinajstić information content (AvgIpc) is 2.71. The van der Waals surface area contributed by atoms with Crippen LogP contribution in [0.4, 0.5) is 11.8 Å². The third-order valence-corrected chi connectivity index (χ3v) is 4.24. The first-order valence-electron chi connectivity index (χ1n) is 8.59. The van der Waals surface area contributed by atoms with E-state index in [1.807, 2.05) is 18.4 Å². The molecule has 1 amide bonds. The molecular weight excluding hydrogens is 412 g/mol. The number of nitrogens with two attached hydrogens (primary N) is 2. The fourth-order valence-electron chi connectivity index (χ4n) is 2.22. The van der Waals surface area contributed by atoms with Gasteiger partial charge in [0.15, 0.2) is 5.82 Å². The zero-order valence-electron chi connectivity index (χ0n) is 15.9. The summed E-state index contributed by atoms with van der Waals surface area (Å²) in [4.78, 5) is 23.1. The van der Waals surface area contributed by atoms with Crippen LogP contribution in [0.3, 0.4) is 0 Å². The average molecular weight is 435 g/mol. The van der Waals surface area contributed by atoms with Crippen LogP contribution in [0.2, 0.25) is 5.02 Å². The van der Waals surface area contributed by atoms with E-state index in [-0.39, 0.29) is 12.5 Å². The van der Waals surface area contributed by atoms with Gasteiger partial charge in [-0.05, 0) is 17.4 Å². The summed E-state index contributed by atoms with van der Waals surface area (Å²) in [6.07, 6.45) is 6.13. The number of hydrogen-bond donors (Lipinski definition) is 5. The van der Waals surface area contributed by atoms with Gasteiger partial charge in [-0.3, -0.25) is 14.5 Å². The maximum absolute atomic E-state index is 10.8. The Morgan fingerprint density at radius 1 is 1.34 bits per heavy atom. The van der Waals surface area contributed by atoms with E-state index in [9.17, 15) is 4.79 Å². The van der Waals surface area contributed by atoms with Crippen molar-refractivity contribution in [3.63, 3.8) is 0 Å². The minimum absolute atomic E-state index is 0.140. The normalized spacial score (nSPS) is 11.6. The lowest BCUT2D eigenvalue weighted by Gasteiger charge is -2.11. The van der Waals surface area contributed by atoms with E-state index in [1.54, 1.807) is 11.9 Å². The van der Waals surface area contributed by atoms with Gasteiger partial charge >= 0.3 is 0 Å². The Morgan fingerprint density at radius 3 is 2.79 bits per heavy atom. The standard InChI is InChI=1S/C18H23ClN8OS/c1-29-25-8-13-4-2-3-12(5-13)7-23-17-15(19)10-24-18(27-17)26-14(6-20)9-22-11-16(21)28/h2-6,9-10,25H,7-8,11,20H2,1H3,(H2,21,28)(H2,23,24,26,27). The smallest absolute Gasteiger partial charge is 0.239 e. The second-order valence-corrected chi connectivity index (χ2v) is 6.88. The predicted molar refractivity (Wildman–Crippen MR) is 120 cm³/mol. The number of amides is 1. The van der Waals surface area contributed by atoms with Gasteiger partial charge in [-0.2, -0.15) is 4.98 Å². The molecule has 0 radical (unpaired) electrons. The molecule has 1 heterocycles. The van der Waals surface area contributed by atoms with Crippen molar-refractivity contribution in [2.45, 2.75) is 13.1 Å². The van der Waals surface area contributed by atoms with E-state index >= 15 is 0 Å². The van der Waals surface area contributed by atoms with Crippen LogP contribution in [0.25, 0.3) is 0 Å². The van der Waals surface area contributed by atoms with E-state index in [0.29, 0.717) is 23.1 Å². The molecule has 0 fully saturated rings. The molecule has 9 nitrogen and oxygen atoms in total. The Hall–Kier alpha value is -2.82. The minimum Gasteiger partial charge on any atom is -0.403 e. The highest BCUT2D eigenvalue weighted by molar-refractivity contribution is 7.96. The number of aromatic nitrogens is 2. The molecular formula is C18H23ClN8OS. The van der Waals surface area contributed by atoms with Gasteiger partial charge in [0.05, 0.1) is 11.9 Å². The summed E-state index contributed by atoms with van der Waals surface area (Å²) in [5, 5.41) is 6.50. The molecule has 0 aliphatic rings. The summed E-state index contributed by atoms with van der Waals surface area (Å²) in [5.74, 6) is 0.208. The fraction of sp³-hybridized carbons (Fsp3) is 0.222. The van der Waals surface area contributed by atoms with Crippen molar-refractivity contribution in [3.05, 3.63) is 58.5 Å². The lowest BCUT2D eigenvalue weighted by molar-refractivity contribution is -0.116. The molecule has 2 rings (SSSR count). The number of primary amides is 1. The van der Waals surface area contributed by atoms with Gasteiger partial charge in [0, 0.05) is 25.5 Å². The molecule has 0 bridgehead atoms. The third kappa shape index (κ3) is 7.98. The highest BCUT2D eigenvalue weighted by Gasteiger charge is 2.07. The van der Waals surface area contributed by atoms with Gasteiger partial charge in [0.25, 0.3) is 0 Å². The van der Waals surface area contributed by atoms with Gasteiger partial charge in [-0.1, -0.05) is 47.8 Å². The maximum atomic E-state index is 10.8. The predicted octanol–water partition coefficient (Wildman–Crippen LogP) is 1.88. The number of rotatable bonds is 11. The molecule has 0 atom stereocenters. The quantitative estimate of drug-likeness (QED) is 0.266. The summed E-state index contributed by atoms with van der Waals surface area (Å²) in [7, 11) is 0. The summed E-state index contributed by atoms with van der Waals surface area (Å²) in [5.41, 5.74) is 13.3. The second-order valence-electron chi connectivity index (χ2n) is 5.77. The van der Waals surface area contributed by atoms with Crippen LogP contribution in [0.15, 0.2) is 47.4 Å². The number of nitrogens with one attached hydrogen (secondary N) is 3. The highest BCUT2D eigenvalue weighted by Crippen LogP contribution is 2.21. The van der Waals surface area contributed by atoms with Crippen LogP contribution in [-0.4, -0.2) is 34.9 Å². The van der Waals surface area contributed by atoms with Crippen LogP contribution < -0.4 is 26.8 Å². The SMILES string of the molecule is CSNCc1cccc(CNc2nc(NC(C=NCC(N)=O)=CN)ncc2Cl)c1. The molecule has 0 saturated carbocycles. The number of aliphatic imine (C=N–C) groups is 1. The summed E-state index contributed by atoms with van der Waals surface area (Å²) in [6, 6.07) is 8.20. The van der Waals surface area contributed by atoms with Crippen molar-refractivity contribution < 1.29 is 4.79 Å². The van der Waals surface area contributed by atoms with Crippen molar-refractivity contribution in [2.75, 3.05) is 23.4 Å². The molecule has 29 heavy (non-hydrogen) atoms. The van der Waals surface area contributed by atoms with Crippen molar-refractivity contribution >= 4 is 47.4 Å². The zero-order valence-corrected chi connectivity index (χ0v) is 17.4. The summed E-state index contributed by atoms with van der Waals surface area (Å²) < 4.78 is 3.22.